The predicted octanol–water partition coefficient (Wildman–Crippen LogP) is 1.66. The molecule has 0 spiro atoms. The first-order chi connectivity index (χ1) is 12.8. The molecule has 2 unspecified atom stereocenters. The quantitative estimate of drug-likeness (QED) is 0.549. The highest BCUT2D eigenvalue weighted by molar-refractivity contribution is 7.89. The number of nitrogens with one attached hydrogen (secondary N) is 2. The van der Waals surface area contributed by atoms with Gasteiger partial charge in [0.05, 0.1) is 18.3 Å². The Balaban J connectivity index is 2.07. The number of carbonyl (C=O) groups is 1. The van der Waals surface area contributed by atoms with E-state index in [1.807, 2.05) is 6.92 Å². The van der Waals surface area contributed by atoms with Crippen LogP contribution in [0.2, 0.25) is 0 Å². The number of benzene rings is 1. The van der Waals surface area contributed by atoms with Crippen LogP contribution in [0.4, 0.5) is 0 Å². The molecule has 0 bridgehead atoms. The standard InChI is InChI=1S/C19H30N2O5S/c1-3-14-27(24,25)21-18-6-4-5-11-19(18,23)16-7-9-17(10-8-16)26-13-12-20-15(2)22/h7-10,18,21,23H,3-6,11-14H2,1-2H3,(H,20,22). The van der Waals surface area contributed by atoms with Gasteiger partial charge in [0, 0.05) is 6.92 Å². The molecule has 27 heavy (non-hydrogen) atoms. The summed E-state index contributed by atoms with van der Waals surface area (Å²) >= 11 is 0. The van der Waals surface area contributed by atoms with Gasteiger partial charge in [-0.15, -0.1) is 0 Å². The first kappa shape index (κ1) is 21.7. The van der Waals surface area contributed by atoms with E-state index >= 15 is 0 Å². The van der Waals surface area contributed by atoms with Gasteiger partial charge in [0.1, 0.15) is 18.0 Å². The lowest BCUT2D eigenvalue weighted by Gasteiger charge is -2.40. The van der Waals surface area contributed by atoms with Gasteiger partial charge in [-0.25, -0.2) is 13.1 Å². The van der Waals surface area contributed by atoms with Crippen molar-refractivity contribution in [1.29, 1.82) is 0 Å². The summed E-state index contributed by atoms with van der Waals surface area (Å²) in [5, 5.41) is 13.9. The van der Waals surface area contributed by atoms with Crippen molar-refractivity contribution in [2.75, 3.05) is 18.9 Å². The van der Waals surface area contributed by atoms with Crippen LogP contribution in [0.3, 0.4) is 0 Å². The van der Waals surface area contributed by atoms with Crippen molar-refractivity contribution < 1.29 is 23.1 Å². The molecule has 152 valence electrons. The Labute approximate surface area is 161 Å². The van der Waals surface area contributed by atoms with Gasteiger partial charge < -0.3 is 15.2 Å². The van der Waals surface area contributed by atoms with Crippen LogP contribution >= 0.6 is 0 Å². The number of ether oxygens (including phenoxy) is 1. The Bertz CT molecular complexity index is 720. The van der Waals surface area contributed by atoms with Gasteiger partial charge in [-0.2, -0.15) is 0 Å². The van der Waals surface area contributed by atoms with E-state index in [2.05, 4.69) is 10.0 Å². The summed E-state index contributed by atoms with van der Waals surface area (Å²) in [6, 6.07) is 6.54. The Hall–Kier alpha value is -1.64. The smallest absolute Gasteiger partial charge is 0.216 e. The lowest BCUT2D eigenvalue weighted by molar-refractivity contribution is -0.119. The molecule has 0 heterocycles. The van der Waals surface area contributed by atoms with Crippen molar-refractivity contribution in [1.82, 2.24) is 10.0 Å². The highest BCUT2D eigenvalue weighted by Crippen LogP contribution is 2.38. The fraction of sp³-hybridized carbons (Fsp3) is 0.632. The fourth-order valence-electron chi connectivity index (χ4n) is 3.44. The van der Waals surface area contributed by atoms with Crippen LogP contribution in [0.1, 0.15) is 51.5 Å². The van der Waals surface area contributed by atoms with Crippen molar-refractivity contribution >= 4 is 15.9 Å². The Kier molecular flexibility index (Phi) is 7.64. The normalized spacial score (nSPS) is 23.0. The number of aliphatic hydroxyl groups is 1. The van der Waals surface area contributed by atoms with Crippen LogP contribution in [0.15, 0.2) is 24.3 Å². The maximum atomic E-state index is 12.2. The Morgan fingerprint density at radius 3 is 2.63 bits per heavy atom. The highest BCUT2D eigenvalue weighted by Gasteiger charge is 2.42. The van der Waals surface area contributed by atoms with Crippen LogP contribution in [0.5, 0.6) is 5.75 Å². The van der Waals surface area contributed by atoms with Gasteiger partial charge >= 0.3 is 0 Å². The molecule has 0 aromatic heterocycles. The van der Waals surface area contributed by atoms with Crippen LogP contribution in [-0.4, -0.2) is 44.4 Å². The van der Waals surface area contributed by atoms with Gasteiger partial charge in [0.2, 0.25) is 15.9 Å². The van der Waals surface area contributed by atoms with Crippen LogP contribution in [0.25, 0.3) is 0 Å². The van der Waals surface area contributed by atoms with Crippen LogP contribution < -0.4 is 14.8 Å². The molecule has 1 aliphatic rings. The third kappa shape index (κ3) is 6.19. The maximum Gasteiger partial charge on any atom is 0.216 e. The molecule has 3 N–H and O–H groups in total. The minimum absolute atomic E-state index is 0.0562. The zero-order chi connectivity index (χ0) is 19.9. The van der Waals surface area contributed by atoms with E-state index in [1.165, 1.54) is 6.92 Å². The van der Waals surface area contributed by atoms with Gasteiger partial charge in [0.15, 0.2) is 0 Å². The lowest BCUT2D eigenvalue weighted by atomic mass is 9.76. The zero-order valence-corrected chi connectivity index (χ0v) is 16.8. The van der Waals surface area contributed by atoms with E-state index in [1.54, 1.807) is 24.3 Å². The highest BCUT2D eigenvalue weighted by atomic mass is 32.2. The van der Waals surface area contributed by atoms with Crippen molar-refractivity contribution in [2.24, 2.45) is 0 Å². The fourth-order valence-corrected chi connectivity index (χ4v) is 4.84. The van der Waals surface area contributed by atoms with E-state index < -0.39 is 21.7 Å². The van der Waals surface area contributed by atoms with Crippen LogP contribution in [0, 0.1) is 0 Å². The van der Waals surface area contributed by atoms with E-state index in [0.717, 1.165) is 12.8 Å². The molecule has 1 aromatic carbocycles. The second-order valence-electron chi connectivity index (χ2n) is 7.02. The van der Waals surface area contributed by atoms with Crippen molar-refractivity contribution in [3.8, 4) is 5.75 Å². The number of hydrogen-bond acceptors (Lipinski definition) is 5. The van der Waals surface area contributed by atoms with Gasteiger partial charge in [-0.3, -0.25) is 4.79 Å². The monoisotopic (exact) mass is 398 g/mol. The second-order valence-corrected chi connectivity index (χ2v) is 8.89. The van der Waals surface area contributed by atoms with E-state index in [4.69, 9.17) is 4.74 Å². The third-order valence-corrected chi connectivity index (χ3v) is 6.36. The number of hydrogen-bond donors (Lipinski definition) is 3. The SMILES string of the molecule is CCCS(=O)(=O)NC1CCCCC1(O)c1ccc(OCCNC(C)=O)cc1. The lowest BCUT2D eigenvalue weighted by Crippen LogP contribution is -2.52. The zero-order valence-electron chi connectivity index (χ0n) is 16.0. The summed E-state index contributed by atoms with van der Waals surface area (Å²) in [6.45, 7) is 4.03. The summed E-state index contributed by atoms with van der Waals surface area (Å²) in [6.07, 6.45) is 3.37. The molecule has 0 saturated heterocycles. The molecule has 0 aliphatic heterocycles. The molecule has 1 aliphatic carbocycles. The van der Waals surface area contributed by atoms with Crippen molar-refractivity contribution in [3.63, 3.8) is 0 Å². The number of sulfonamides is 1. The van der Waals surface area contributed by atoms with Crippen LogP contribution in [-0.2, 0) is 20.4 Å². The van der Waals surface area contributed by atoms with Crippen molar-refractivity contribution in [2.45, 2.75) is 57.6 Å². The number of carbonyl (C=O) groups excluding carboxylic acids is 1. The average Bonchev–Trinajstić information content (AvgIpc) is 2.61. The Morgan fingerprint density at radius 2 is 2.00 bits per heavy atom. The molecule has 1 amide bonds. The summed E-state index contributed by atoms with van der Waals surface area (Å²) < 4.78 is 32.7. The summed E-state index contributed by atoms with van der Waals surface area (Å²) in [7, 11) is -3.41. The summed E-state index contributed by atoms with van der Waals surface area (Å²) in [5.74, 6) is 0.581. The average molecular weight is 399 g/mol. The van der Waals surface area contributed by atoms with Crippen molar-refractivity contribution in [3.05, 3.63) is 29.8 Å². The molecule has 8 heteroatoms. The molecular formula is C19H30N2O5S. The van der Waals surface area contributed by atoms with E-state index in [-0.39, 0.29) is 11.7 Å². The maximum absolute atomic E-state index is 12.2. The second kappa shape index (κ2) is 9.52. The van der Waals surface area contributed by atoms with E-state index in [0.29, 0.717) is 43.7 Å². The summed E-state index contributed by atoms with van der Waals surface area (Å²) in [4.78, 5) is 10.8. The first-order valence-electron chi connectivity index (χ1n) is 9.47. The predicted molar refractivity (Wildman–Crippen MR) is 104 cm³/mol. The molecule has 2 rings (SSSR count). The number of amides is 1. The minimum atomic E-state index is -3.41. The summed E-state index contributed by atoms with van der Waals surface area (Å²) in [5.41, 5.74) is -0.547. The Morgan fingerprint density at radius 1 is 1.30 bits per heavy atom. The molecule has 7 nitrogen and oxygen atoms in total. The third-order valence-electron chi connectivity index (χ3n) is 4.77. The van der Waals surface area contributed by atoms with Gasteiger partial charge in [-0.05, 0) is 37.0 Å². The minimum Gasteiger partial charge on any atom is -0.492 e. The largest absolute Gasteiger partial charge is 0.492 e. The van der Waals surface area contributed by atoms with E-state index in [9.17, 15) is 18.3 Å². The van der Waals surface area contributed by atoms with Gasteiger partial charge in [0.25, 0.3) is 0 Å². The molecular weight excluding hydrogens is 368 g/mol. The molecule has 1 saturated carbocycles. The van der Waals surface area contributed by atoms with Gasteiger partial charge in [-0.1, -0.05) is 31.9 Å². The molecule has 2 atom stereocenters. The molecule has 1 aromatic rings. The first-order valence-corrected chi connectivity index (χ1v) is 11.1. The topological polar surface area (TPSA) is 105 Å². The molecule has 0 radical (unpaired) electrons. The molecule has 1 fully saturated rings. The number of rotatable bonds is 9.